The van der Waals surface area contributed by atoms with Gasteiger partial charge in [0.05, 0.1) is 19.8 Å². The number of hydrogen-bond acceptors (Lipinski definition) is 4. The van der Waals surface area contributed by atoms with Crippen LogP contribution in [0.2, 0.25) is 0 Å². The Morgan fingerprint density at radius 3 is 2.46 bits per heavy atom. The smallest absolute Gasteiger partial charge is 0.236 e. The van der Waals surface area contributed by atoms with E-state index in [1.807, 2.05) is 4.90 Å². The molecule has 3 fully saturated rings. The van der Waals surface area contributed by atoms with Crippen molar-refractivity contribution in [2.45, 2.75) is 70.6 Å². The molecule has 0 aromatic rings. The highest BCUT2D eigenvalue weighted by atomic mass is 16.7. The van der Waals surface area contributed by atoms with E-state index in [1.165, 1.54) is 32.1 Å². The molecule has 1 spiro atoms. The molecule has 1 atom stereocenters. The molecule has 5 heteroatoms. The Hall–Kier alpha value is -0.650. The van der Waals surface area contributed by atoms with E-state index >= 15 is 0 Å². The second-order valence-electron chi connectivity index (χ2n) is 8.09. The number of ether oxygens (including phenoxy) is 2. The van der Waals surface area contributed by atoms with Gasteiger partial charge in [0.2, 0.25) is 5.91 Å². The van der Waals surface area contributed by atoms with Crippen molar-refractivity contribution in [2.75, 3.05) is 39.4 Å². The fourth-order valence-corrected chi connectivity index (χ4v) is 4.41. The van der Waals surface area contributed by atoms with Crippen molar-refractivity contribution < 1.29 is 14.3 Å². The number of hydrogen-bond donors (Lipinski definition) is 0. The largest absolute Gasteiger partial charge is 0.347 e. The summed E-state index contributed by atoms with van der Waals surface area (Å²) in [6, 6.07) is 0.578. The maximum Gasteiger partial charge on any atom is 0.236 e. The Morgan fingerprint density at radius 2 is 1.79 bits per heavy atom. The molecular formula is C19H34N2O3. The van der Waals surface area contributed by atoms with Gasteiger partial charge in [0.15, 0.2) is 5.79 Å². The first-order chi connectivity index (χ1) is 11.6. The number of piperidine rings is 1. The van der Waals surface area contributed by atoms with Crippen LogP contribution in [0.3, 0.4) is 0 Å². The molecule has 0 aromatic heterocycles. The van der Waals surface area contributed by atoms with Crippen molar-refractivity contribution in [1.29, 1.82) is 0 Å². The van der Waals surface area contributed by atoms with Crippen molar-refractivity contribution in [2.24, 2.45) is 5.92 Å². The summed E-state index contributed by atoms with van der Waals surface area (Å²) < 4.78 is 11.5. The first kappa shape index (κ1) is 18.2. The lowest BCUT2D eigenvalue weighted by molar-refractivity contribution is -0.187. The highest BCUT2D eigenvalue weighted by Crippen LogP contribution is 2.31. The van der Waals surface area contributed by atoms with Crippen molar-refractivity contribution >= 4 is 5.91 Å². The van der Waals surface area contributed by atoms with Gasteiger partial charge in [-0.1, -0.05) is 26.7 Å². The molecule has 24 heavy (non-hydrogen) atoms. The fraction of sp³-hybridized carbons (Fsp3) is 0.947. The summed E-state index contributed by atoms with van der Waals surface area (Å²) in [4.78, 5) is 17.3. The van der Waals surface area contributed by atoms with Gasteiger partial charge in [-0.25, -0.2) is 0 Å². The molecule has 3 aliphatic rings. The highest BCUT2D eigenvalue weighted by molar-refractivity contribution is 5.78. The molecule has 1 amide bonds. The average Bonchev–Trinajstić information content (AvgIpc) is 2.90. The van der Waals surface area contributed by atoms with Crippen LogP contribution in [0.25, 0.3) is 0 Å². The van der Waals surface area contributed by atoms with Crippen LogP contribution in [-0.4, -0.2) is 66.9 Å². The molecule has 5 nitrogen and oxygen atoms in total. The average molecular weight is 338 g/mol. The van der Waals surface area contributed by atoms with Crippen LogP contribution >= 0.6 is 0 Å². The van der Waals surface area contributed by atoms with E-state index < -0.39 is 0 Å². The van der Waals surface area contributed by atoms with E-state index in [0.29, 0.717) is 37.6 Å². The van der Waals surface area contributed by atoms with Gasteiger partial charge in [0.25, 0.3) is 0 Å². The second-order valence-corrected chi connectivity index (χ2v) is 8.09. The summed E-state index contributed by atoms with van der Waals surface area (Å²) in [5.74, 6) is 0.593. The fourth-order valence-electron chi connectivity index (χ4n) is 4.41. The maximum absolute atomic E-state index is 12.8. The number of carbonyl (C=O) groups is 1. The summed E-state index contributed by atoms with van der Waals surface area (Å²) in [6.45, 7) is 9.16. The van der Waals surface area contributed by atoms with Crippen molar-refractivity contribution in [3.63, 3.8) is 0 Å². The third kappa shape index (κ3) is 4.50. The summed E-state index contributed by atoms with van der Waals surface area (Å²) in [7, 11) is 0. The van der Waals surface area contributed by atoms with E-state index in [4.69, 9.17) is 9.47 Å². The normalized spacial score (nSPS) is 28.5. The number of carbonyl (C=O) groups excluding carboxylic acids is 1. The van der Waals surface area contributed by atoms with E-state index in [-0.39, 0.29) is 5.79 Å². The molecule has 3 heterocycles. The Kier molecular flexibility index (Phi) is 6.17. The van der Waals surface area contributed by atoms with Gasteiger partial charge in [0.1, 0.15) is 0 Å². The van der Waals surface area contributed by atoms with Crippen LogP contribution in [-0.2, 0) is 14.3 Å². The minimum absolute atomic E-state index is 0.290. The van der Waals surface area contributed by atoms with Crippen LogP contribution < -0.4 is 0 Å². The molecule has 0 aromatic carbocycles. The molecule has 0 aliphatic carbocycles. The summed E-state index contributed by atoms with van der Waals surface area (Å²) in [5, 5.41) is 0. The number of nitrogens with zero attached hydrogens (tertiary/aromatic N) is 2. The molecule has 0 saturated carbocycles. The van der Waals surface area contributed by atoms with Crippen LogP contribution in [0.4, 0.5) is 0 Å². The lowest BCUT2D eigenvalue weighted by atomic mass is 9.98. The van der Waals surface area contributed by atoms with Gasteiger partial charge in [-0.2, -0.15) is 0 Å². The predicted octanol–water partition coefficient (Wildman–Crippen LogP) is 2.64. The first-order valence-electron chi connectivity index (χ1n) is 9.88. The molecule has 3 rings (SSSR count). The Morgan fingerprint density at radius 1 is 1.08 bits per heavy atom. The van der Waals surface area contributed by atoms with Gasteiger partial charge in [0, 0.05) is 32.0 Å². The minimum Gasteiger partial charge on any atom is -0.347 e. The first-order valence-corrected chi connectivity index (χ1v) is 9.88. The van der Waals surface area contributed by atoms with Gasteiger partial charge >= 0.3 is 0 Å². The van der Waals surface area contributed by atoms with Crippen molar-refractivity contribution in [3.05, 3.63) is 0 Å². The minimum atomic E-state index is -0.389. The summed E-state index contributed by atoms with van der Waals surface area (Å²) in [6.07, 6.45) is 7.92. The van der Waals surface area contributed by atoms with Crippen LogP contribution in [0.5, 0.6) is 0 Å². The Labute approximate surface area is 146 Å². The zero-order chi connectivity index (χ0) is 17.0. The highest BCUT2D eigenvalue weighted by Gasteiger charge is 2.41. The number of amides is 1. The van der Waals surface area contributed by atoms with E-state index in [9.17, 15) is 4.79 Å². The number of rotatable bonds is 4. The molecule has 0 radical (unpaired) electrons. The van der Waals surface area contributed by atoms with Crippen LogP contribution in [0, 0.1) is 5.92 Å². The van der Waals surface area contributed by atoms with Gasteiger partial charge in [-0.05, 0) is 31.7 Å². The van der Waals surface area contributed by atoms with Crippen molar-refractivity contribution in [3.8, 4) is 0 Å². The lowest BCUT2D eigenvalue weighted by Crippen LogP contribution is -2.51. The Bertz CT molecular complexity index is 411. The monoisotopic (exact) mass is 338 g/mol. The predicted molar refractivity (Wildman–Crippen MR) is 93.7 cm³/mol. The molecule has 0 unspecified atom stereocenters. The third-order valence-electron chi connectivity index (χ3n) is 5.77. The molecule has 138 valence electrons. The van der Waals surface area contributed by atoms with Crippen LogP contribution in [0.1, 0.15) is 58.8 Å². The van der Waals surface area contributed by atoms with Gasteiger partial charge in [-0.3, -0.25) is 9.69 Å². The molecule has 0 N–H and O–H groups in total. The van der Waals surface area contributed by atoms with E-state index in [2.05, 4.69) is 18.7 Å². The number of likely N-dealkylation sites (tertiary alicyclic amines) is 2. The quantitative estimate of drug-likeness (QED) is 0.790. The van der Waals surface area contributed by atoms with Gasteiger partial charge in [-0.15, -0.1) is 0 Å². The van der Waals surface area contributed by atoms with Crippen LogP contribution in [0.15, 0.2) is 0 Å². The molecular weight excluding hydrogens is 304 g/mol. The Balaban J connectivity index is 1.52. The maximum atomic E-state index is 12.8. The second kappa shape index (κ2) is 8.15. The molecule has 3 saturated heterocycles. The zero-order valence-electron chi connectivity index (χ0n) is 15.5. The third-order valence-corrected chi connectivity index (χ3v) is 5.77. The summed E-state index contributed by atoms with van der Waals surface area (Å²) in [5.41, 5.74) is 0. The van der Waals surface area contributed by atoms with Crippen molar-refractivity contribution in [1.82, 2.24) is 9.80 Å². The topological polar surface area (TPSA) is 42.0 Å². The lowest BCUT2D eigenvalue weighted by Gasteiger charge is -2.39. The SMILES string of the molecule is CC(C)C[C@H]1CCCCCN1CC(=O)N1CCC2(CC1)OCCO2. The molecule has 0 bridgehead atoms. The van der Waals surface area contributed by atoms with Gasteiger partial charge < -0.3 is 14.4 Å². The van der Waals surface area contributed by atoms with E-state index in [0.717, 1.165) is 32.5 Å². The zero-order valence-corrected chi connectivity index (χ0v) is 15.5. The standard InChI is InChI=1S/C19H34N2O3/c1-16(2)14-17-6-4-3-5-9-21(17)15-18(22)20-10-7-19(8-11-20)23-12-13-24-19/h16-17H,3-15H2,1-2H3/t17-/m1/s1. The van der Waals surface area contributed by atoms with E-state index in [1.54, 1.807) is 0 Å². The molecule has 3 aliphatic heterocycles. The summed E-state index contributed by atoms with van der Waals surface area (Å²) >= 11 is 0.